The molecule has 0 aliphatic heterocycles. The Hall–Kier alpha value is 0.771. The summed E-state index contributed by atoms with van der Waals surface area (Å²) in [6.07, 6.45) is 27.0. The Morgan fingerprint density at radius 3 is 1.08 bits per heavy atom. The van der Waals surface area contributed by atoms with Gasteiger partial charge in [0.15, 0.2) is 0 Å². The standard InChI is InChI=1S/C12H27OSi.3C6H11O.Ti/c1-4-7-10-14(13,11-8-5-2)12-9-6-3;3*7-6-4-2-1-3-5-6;/h4-12H2,1-3H3;3*6H,1-5H2;/q4*-1;+4. The zero-order valence-electron chi connectivity index (χ0n) is 24.3. The molecule has 0 spiro atoms. The van der Waals surface area contributed by atoms with Crippen molar-refractivity contribution < 1.29 is 31.1 Å². The molecule has 0 saturated heterocycles. The van der Waals surface area contributed by atoms with Gasteiger partial charge in [-0.1, -0.05) is 0 Å². The van der Waals surface area contributed by atoms with Crippen molar-refractivity contribution in [3.8, 4) is 0 Å². The van der Waals surface area contributed by atoms with Crippen molar-refractivity contribution in [2.45, 2.75) is 192 Å². The van der Waals surface area contributed by atoms with E-state index in [2.05, 4.69) is 20.8 Å². The molecule has 0 aromatic rings. The monoisotopic (exact) mass is 560 g/mol. The minimum atomic E-state index is -3.98. The molecule has 0 aromatic carbocycles. The van der Waals surface area contributed by atoms with Gasteiger partial charge < -0.3 is 0 Å². The molecule has 3 rings (SSSR count). The molecular formula is C30H60O4SiTi. The molecule has 0 amide bonds. The Morgan fingerprint density at radius 2 is 0.806 bits per heavy atom. The zero-order chi connectivity index (χ0) is 25.5. The van der Waals surface area contributed by atoms with Crippen LogP contribution in [0.4, 0.5) is 0 Å². The second-order valence-electron chi connectivity index (χ2n) is 12.2. The van der Waals surface area contributed by atoms with Crippen LogP contribution in [0.25, 0.3) is 0 Å². The van der Waals surface area contributed by atoms with Crippen molar-refractivity contribution >= 4 is 8.32 Å². The van der Waals surface area contributed by atoms with Crippen LogP contribution < -0.4 is 0 Å². The average molecular weight is 561 g/mol. The van der Waals surface area contributed by atoms with Crippen LogP contribution in [0.3, 0.4) is 0 Å². The minimum absolute atomic E-state index is 0.279. The van der Waals surface area contributed by atoms with Crippen LogP contribution in [-0.2, 0) is 31.1 Å². The third kappa shape index (κ3) is 10.7. The van der Waals surface area contributed by atoms with Gasteiger partial charge in [0.25, 0.3) is 0 Å². The van der Waals surface area contributed by atoms with Crippen molar-refractivity contribution in [2.24, 2.45) is 0 Å². The molecule has 3 aliphatic carbocycles. The molecule has 0 atom stereocenters. The molecular weight excluding hydrogens is 500 g/mol. The number of hydrogen-bond donors (Lipinski definition) is 0. The molecule has 4 nitrogen and oxygen atoms in total. The van der Waals surface area contributed by atoms with Crippen LogP contribution in [0.15, 0.2) is 0 Å². The van der Waals surface area contributed by atoms with E-state index in [1.807, 2.05) is 0 Å². The summed E-state index contributed by atoms with van der Waals surface area (Å²) in [5, 5.41) is 0. The van der Waals surface area contributed by atoms with Crippen LogP contribution in [-0.4, -0.2) is 26.6 Å². The van der Waals surface area contributed by atoms with Gasteiger partial charge in [-0.3, -0.25) is 0 Å². The molecule has 0 aromatic heterocycles. The van der Waals surface area contributed by atoms with Gasteiger partial charge >= 0.3 is 231 Å². The molecule has 3 fully saturated rings. The van der Waals surface area contributed by atoms with Crippen LogP contribution in [0.2, 0.25) is 18.1 Å². The van der Waals surface area contributed by atoms with E-state index in [0.29, 0.717) is 0 Å². The summed E-state index contributed by atoms with van der Waals surface area (Å²) in [6, 6.07) is 3.77. The molecule has 36 heavy (non-hydrogen) atoms. The van der Waals surface area contributed by atoms with E-state index in [0.717, 1.165) is 38.5 Å². The van der Waals surface area contributed by atoms with Gasteiger partial charge in [0.1, 0.15) is 0 Å². The van der Waals surface area contributed by atoms with Crippen molar-refractivity contribution in [2.75, 3.05) is 0 Å². The SMILES string of the molecule is CCCC[Si](CCCC)(CCCC)[O][Ti]([O]C1CCCCC1)([O]C1CCCCC1)[O]C1CCCCC1. The second-order valence-corrected chi connectivity index (χ2v) is 19.9. The van der Waals surface area contributed by atoms with Crippen LogP contribution >= 0.6 is 0 Å². The molecule has 0 unspecified atom stereocenters. The van der Waals surface area contributed by atoms with Crippen molar-refractivity contribution in [1.82, 2.24) is 0 Å². The van der Waals surface area contributed by atoms with Gasteiger partial charge in [-0.2, -0.15) is 0 Å². The first-order valence-electron chi connectivity index (χ1n) is 16.4. The van der Waals surface area contributed by atoms with Crippen molar-refractivity contribution in [3.63, 3.8) is 0 Å². The quantitative estimate of drug-likeness (QED) is 0.166. The summed E-state index contributed by atoms with van der Waals surface area (Å²) in [4.78, 5) is 0. The Kier molecular flexibility index (Phi) is 15.2. The van der Waals surface area contributed by atoms with Gasteiger partial charge in [-0.25, -0.2) is 0 Å². The van der Waals surface area contributed by atoms with E-state index in [4.69, 9.17) is 13.0 Å². The first-order chi connectivity index (χ1) is 17.6. The summed E-state index contributed by atoms with van der Waals surface area (Å²) in [7, 11) is -2.04. The Bertz CT molecular complexity index is 487. The van der Waals surface area contributed by atoms with E-state index in [-0.39, 0.29) is 18.3 Å². The summed E-state index contributed by atoms with van der Waals surface area (Å²) in [5.41, 5.74) is 0. The average Bonchev–Trinajstić information content (AvgIpc) is 2.91. The van der Waals surface area contributed by atoms with Gasteiger partial charge in [0.2, 0.25) is 0 Å². The number of rotatable bonds is 17. The fourth-order valence-electron chi connectivity index (χ4n) is 6.61. The van der Waals surface area contributed by atoms with E-state index in [9.17, 15) is 0 Å². The topological polar surface area (TPSA) is 36.9 Å². The third-order valence-corrected chi connectivity index (χ3v) is 19.5. The fourth-order valence-corrected chi connectivity index (χ4v) is 19.2. The molecule has 0 heterocycles. The summed E-state index contributed by atoms with van der Waals surface area (Å²) in [5.74, 6) is 0. The van der Waals surface area contributed by atoms with E-state index >= 15 is 0 Å². The zero-order valence-corrected chi connectivity index (χ0v) is 26.9. The Morgan fingerprint density at radius 1 is 0.500 bits per heavy atom. The molecule has 0 radical (unpaired) electrons. The summed E-state index contributed by atoms with van der Waals surface area (Å²) < 4.78 is 29.4. The van der Waals surface area contributed by atoms with E-state index < -0.39 is 26.5 Å². The fraction of sp³-hybridized carbons (Fsp3) is 1.00. The Balaban J connectivity index is 1.94. The van der Waals surface area contributed by atoms with Crippen molar-refractivity contribution in [1.29, 1.82) is 0 Å². The Labute approximate surface area is 230 Å². The van der Waals surface area contributed by atoms with E-state index in [1.54, 1.807) is 0 Å². The maximum atomic E-state index is 7.70. The van der Waals surface area contributed by atoms with Crippen LogP contribution in [0.5, 0.6) is 0 Å². The van der Waals surface area contributed by atoms with Crippen molar-refractivity contribution in [3.05, 3.63) is 0 Å². The number of unbranched alkanes of at least 4 members (excludes halogenated alkanes) is 3. The third-order valence-electron chi connectivity index (χ3n) is 8.89. The van der Waals surface area contributed by atoms with Gasteiger partial charge in [-0.05, 0) is 0 Å². The van der Waals surface area contributed by atoms with E-state index in [1.165, 1.54) is 114 Å². The van der Waals surface area contributed by atoms with Crippen LogP contribution in [0.1, 0.15) is 156 Å². The van der Waals surface area contributed by atoms with Gasteiger partial charge in [0.05, 0.1) is 0 Å². The van der Waals surface area contributed by atoms with Gasteiger partial charge in [0, 0.05) is 0 Å². The van der Waals surface area contributed by atoms with Crippen LogP contribution in [0, 0.1) is 0 Å². The summed E-state index contributed by atoms with van der Waals surface area (Å²) in [6.45, 7) is 7.01. The second kappa shape index (κ2) is 17.5. The molecule has 6 heteroatoms. The predicted octanol–water partition coefficient (Wildman–Crippen LogP) is 10.2. The number of hydrogen-bond acceptors (Lipinski definition) is 4. The molecule has 3 aliphatic rings. The molecule has 0 bridgehead atoms. The first-order valence-corrected chi connectivity index (χ1v) is 21.4. The molecule has 212 valence electrons. The maximum absolute atomic E-state index is 7.70. The molecule has 3 saturated carbocycles. The summed E-state index contributed by atoms with van der Waals surface area (Å²) >= 11 is -3.98. The predicted molar refractivity (Wildman–Crippen MR) is 150 cm³/mol. The van der Waals surface area contributed by atoms with Gasteiger partial charge in [-0.15, -0.1) is 0 Å². The molecule has 0 N–H and O–H groups in total. The first kappa shape index (κ1) is 31.3. The normalized spacial score (nSPS) is 21.8.